The lowest BCUT2D eigenvalue weighted by atomic mass is 10.0. The first kappa shape index (κ1) is 16.5. The van der Waals surface area contributed by atoms with Gasteiger partial charge in [0.05, 0.1) is 24.1 Å². The first-order chi connectivity index (χ1) is 10.0. The zero-order chi connectivity index (χ0) is 16.7. The van der Waals surface area contributed by atoms with E-state index in [1.54, 1.807) is 27.7 Å². The molecule has 22 heavy (non-hydrogen) atoms. The third kappa shape index (κ3) is 3.31. The average Bonchev–Trinajstić information content (AvgIpc) is 2.68. The summed E-state index contributed by atoms with van der Waals surface area (Å²) in [6.07, 6.45) is 0.319. The van der Waals surface area contributed by atoms with E-state index in [-0.39, 0.29) is 13.1 Å². The van der Waals surface area contributed by atoms with Gasteiger partial charge in [0.25, 0.3) is 5.92 Å². The maximum Gasteiger partial charge on any atom is 0.410 e. The number of piperidine rings is 1. The Morgan fingerprint density at radius 1 is 1.50 bits per heavy atom. The maximum absolute atomic E-state index is 14.2. The Hall–Kier alpha value is -1.86. The summed E-state index contributed by atoms with van der Waals surface area (Å²) in [5.41, 5.74) is 5.83. The lowest BCUT2D eigenvalue weighted by molar-refractivity contribution is -0.102. The predicted molar refractivity (Wildman–Crippen MR) is 77.8 cm³/mol. The van der Waals surface area contributed by atoms with Crippen LogP contribution in [0.4, 0.5) is 19.3 Å². The van der Waals surface area contributed by atoms with Crippen LogP contribution in [0.3, 0.4) is 0 Å². The number of nitrogens with two attached hydrogens (primary N) is 1. The number of carbonyl (C=O) groups is 1. The zero-order valence-corrected chi connectivity index (χ0v) is 13.3. The van der Waals surface area contributed by atoms with Crippen molar-refractivity contribution < 1.29 is 18.3 Å². The number of anilines is 1. The Bertz CT molecular complexity index is 566. The van der Waals surface area contributed by atoms with Crippen molar-refractivity contribution in [3.05, 3.63) is 11.9 Å². The van der Waals surface area contributed by atoms with Crippen LogP contribution >= 0.6 is 0 Å². The van der Waals surface area contributed by atoms with Gasteiger partial charge in [-0.15, -0.1) is 0 Å². The van der Waals surface area contributed by atoms with Gasteiger partial charge >= 0.3 is 6.09 Å². The van der Waals surface area contributed by atoms with Crippen molar-refractivity contribution in [1.29, 1.82) is 0 Å². The number of ether oxygens (including phenoxy) is 1. The van der Waals surface area contributed by atoms with Gasteiger partial charge in [0.1, 0.15) is 11.6 Å². The number of aromatic nitrogens is 2. The number of amides is 1. The standard InChI is InChI=1S/C14H22F2N4O2/c1-9-10(17)7-18-20(9)11-8-19(6-5-14(11,15)16)12(21)22-13(2,3)4/h7,11H,5-6,8,17H2,1-4H3. The van der Waals surface area contributed by atoms with Crippen LogP contribution in [0.1, 0.15) is 38.9 Å². The van der Waals surface area contributed by atoms with Gasteiger partial charge in [0.15, 0.2) is 0 Å². The van der Waals surface area contributed by atoms with E-state index in [2.05, 4.69) is 5.10 Å². The van der Waals surface area contributed by atoms with Crippen LogP contribution < -0.4 is 5.73 Å². The Labute approximate surface area is 128 Å². The van der Waals surface area contributed by atoms with E-state index in [9.17, 15) is 13.6 Å². The number of nitrogen functional groups attached to an aromatic ring is 1. The summed E-state index contributed by atoms with van der Waals surface area (Å²) in [5, 5.41) is 3.94. The molecule has 124 valence electrons. The highest BCUT2D eigenvalue weighted by atomic mass is 19.3. The molecule has 1 aromatic heterocycles. The Balaban J connectivity index is 2.21. The van der Waals surface area contributed by atoms with Gasteiger partial charge in [-0.25, -0.2) is 13.6 Å². The monoisotopic (exact) mass is 316 g/mol. The van der Waals surface area contributed by atoms with Crippen LogP contribution in [0.15, 0.2) is 6.20 Å². The molecular weight excluding hydrogens is 294 g/mol. The molecule has 1 unspecified atom stereocenters. The molecule has 0 aliphatic carbocycles. The molecule has 0 spiro atoms. The normalized spacial score (nSPS) is 21.7. The minimum atomic E-state index is -2.96. The van der Waals surface area contributed by atoms with Gasteiger partial charge in [-0.2, -0.15) is 5.10 Å². The Morgan fingerprint density at radius 2 is 2.14 bits per heavy atom. The van der Waals surface area contributed by atoms with Crippen molar-refractivity contribution >= 4 is 11.8 Å². The van der Waals surface area contributed by atoms with E-state index >= 15 is 0 Å². The molecule has 1 amide bonds. The summed E-state index contributed by atoms with van der Waals surface area (Å²) >= 11 is 0. The van der Waals surface area contributed by atoms with Crippen molar-refractivity contribution in [3.63, 3.8) is 0 Å². The molecule has 2 rings (SSSR count). The van der Waals surface area contributed by atoms with Crippen molar-refractivity contribution in [1.82, 2.24) is 14.7 Å². The van der Waals surface area contributed by atoms with Gasteiger partial charge in [-0.3, -0.25) is 4.68 Å². The van der Waals surface area contributed by atoms with Crippen molar-refractivity contribution in [3.8, 4) is 0 Å². The first-order valence-electron chi connectivity index (χ1n) is 7.16. The van der Waals surface area contributed by atoms with E-state index in [4.69, 9.17) is 10.5 Å². The van der Waals surface area contributed by atoms with Crippen LogP contribution in [0.5, 0.6) is 0 Å². The molecule has 1 aliphatic rings. The van der Waals surface area contributed by atoms with Crippen LogP contribution in [0.25, 0.3) is 0 Å². The van der Waals surface area contributed by atoms with Gasteiger partial charge in [0.2, 0.25) is 0 Å². The third-order valence-corrected chi connectivity index (χ3v) is 3.63. The number of nitrogens with zero attached hydrogens (tertiary/aromatic N) is 3. The minimum absolute atomic E-state index is 0.0474. The number of hydrogen-bond acceptors (Lipinski definition) is 4. The molecule has 0 radical (unpaired) electrons. The van der Waals surface area contributed by atoms with Gasteiger partial charge in [-0.05, 0) is 27.7 Å². The minimum Gasteiger partial charge on any atom is -0.444 e. The SMILES string of the molecule is Cc1c(N)cnn1C1CN(C(=O)OC(C)(C)C)CCC1(F)F. The average molecular weight is 316 g/mol. The van der Waals surface area contributed by atoms with E-state index in [0.29, 0.717) is 11.4 Å². The molecule has 1 aromatic rings. The fourth-order valence-corrected chi connectivity index (χ4v) is 2.38. The van der Waals surface area contributed by atoms with Crippen LogP contribution in [-0.4, -0.2) is 45.4 Å². The molecule has 0 saturated carbocycles. The summed E-state index contributed by atoms with van der Waals surface area (Å²) in [5.74, 6) is -2.96. The molecule has 2 heterocycles. The van der Waals surface area contributed by atoms with E-state index in [0.717, 1.165) is 0 Å². The van der Waals surface area contributed by atoms with E-state index in [1.165, 1.54) is 15.8 Å². The Kier molecular flexibility index (Phi) is 4.06. The fourth-order valence-electron chi connectivity index (χ4n) is 2.38. The number of hydrogen-bond donors (Lipinski definition) is 1. The lowest BCUT2D eigenvalue weighted by Crippen LogP contribution is -2.51. The number of rotatable bonds is 1. The van der Waals surface area contributed by atoms with Crippen LogP contribution in [-0.2, 0) is 4.74 Å². The largest absolute Gasteiger partial charge is 0.444 e. The number of carbonyl (C=O) groups excluding carboxylic acids is 1. The second-order valence-corrected chi connectivity index (χ2v) is 6.58. The highest BCUT2D eigenvalue weighted by Crippen LogP contribution is 2.38. The van der Waals surface area contributed by atoms with Gasteiger partial charge in [-0.1, -0.05) is 0 Å². The van der Waals surface area contributed by atoms with Crippen molar-refractivity contribution in [2.75, 3.05) is 18.8 Å². The molecule has 1 aliphatic heterocycles. The maximum atomic E-state index is 14.2. The smallest absolute Gasteiger partial charge is 0.410 e. The quantitative estimate of drug-likeness (QED) is 0.864. The number of alkyl halides is 2. The third-order valence-electron chi connectivity index (χ3n) is 3.63. The summed E-state index contributed by atoms with van der Waals surface area (Å²) in [7, 11) is 0. The topological polar surface area (TPSA) is 73.4 Å². The molecule has 8 heteroatoms. The molecule has 0 bridgehead atoms. The van der Waals surface area contributed by atoms with Gasteiger partial charge < -0.3 is 15.4 Å². The predicted octanol–water partition coefficient (Wildman–Crippen LogP) is 2.59. The fraction of sp³-hybridized carbons (Fsp3) is 0.714. The zero-order valence-electron chi connectivity index (χ0n) is 13.3. The summed E-state index contributed by atoms with van der Waals surface area (Å²) in [6.45, 7) is 6.63. The number of halogens is 2. The molecule has 0 aromatic carbocycles. The molecule has 6 nitrogen and oxygen atoms in total. The van der Waals surface area contributed by atoms with Gasteiger partial charge in [0, 0.05) is 13.0 Å². The van der Waals surface area contributed by atoms with E-state index < -0.39 is 30.1 Å². The molecule has 1 fully saturated rings. The van der Waals surface area contributed by atoms with Crippen LogP contribution in [0.2, 0.25) is 0 Å². The second-order valence-electron chi connectivity index (χ2n) is 6.58. The molecule has 2 N–H and O–H groups in total. The second kappa shape index (κ2) is 5.40. The van der Waals surface area contributed by atoms with E-state index in [1.807, 2.05) is 0 Å². The van der Waals surface area contributed by atoms with Crippen molar-refractivity contribution in [2.24, 2.45) is 0 Å². The molecule has 1 atom stereocenters. The summed E-state index contributed by atoms with van der Waals surface area (Å²) < 4.78 is 34.9. The number of likely N-dealkylation sites (tertiary alicyclic amines) is 1. The lowest BCUT2D eigenvalue weighted by Gasteiger charge is -2.39. The molecular formula is C14H22F2N4O2. The summed E-state index contributed by atoms with van der Waals surface area (Å²) in [4.78, 5) is 13.4. The highest BCUT2D eigenvalue weighted by Gasteiger charge is 2.48. The van der Waals surface area contributed by atoms with Crippen LogP contribution in [0, 0.1) is 6.92 Å². The highest BCUT2D eigenvalue weighted by molar-refractivity contribution is 5.68. The molecule has 1 saturated heterocycles. The van der Waals surface area contributed by atoms with Crippen molar-refractivity contribution in [2.45, 2.75) is 51.7 Å². The first-order valence-corrected chi connectivity index (χ1v) is 7.16. The Morgan fingerprint density at radius 3 is 2.64 bits per heavy atom. The summed E-state index contributed by atoms with van der Waals surface area (Å²) in [6, 6.07) is -1.24.